The molecule has 0 bridgehead atoms. The van der Waals surface area contributed by atoms with Crippen LogP contribution in [-0.4, -0.2) is 7.11 Å². The summed E-state index contributed by atoms with van der Waals surface area (Å²) < 4.78 is 19.3. The summed E-state index contributed by atoms with van der Waals surface area (Å²) >= 11 is 7.06. The zero-order chi connectivity index (χ0) is 14.0. The zero-order valence-corrected chi connectivity index (χ0v) is 13.8. The summed E-state index contributed by atoms with van der Waals surface area (Å²) in [6.45, 7) is 2.03. The van der Waals surface area contributed by atoms with Crippen molar-refractivity contribution in [3.05, 3.63) is 63.4 Å². The fourth-order valence-corrected chi connectivity index (χ4v) is 3.57. The van der Waals surface area contributed by atoms with E-state index in [1.54, 1.807) is 13.2 Å². The van der Waals surface area contributed by atoms with Crippen LogP contribution in [0, 0.1) is 12.7 Å². The van der Waals surface area contributed by atoms with E-state index >= 15 is 0 Å². The summed E-state index contributed by atoms with van der Waals surface area (Å²) in [7, 11) is 1.65. The van der Waals surface area contributed by atoms with Crippen LogP contribution in [0.5, 0.6) is 5.75 Å². The van der Waals surface area contributed by atoms with Gasteiger partial charge in [0.15, 0.2) is 0 Å². The number of ether oxygens (including phenoxy) is 1. The summed E-state index contributed by atoms with van der Waals surface area (Å²) in [6.07, 6.45) is 0. The summed E-state index contributed by atoms with van der Waals surface area (Å²) in [4.78, 5) is -0.0580. The van der Waals surface area contributed by atoms with Gasteiger partial charge in [0.2, 0.25) is 0 Å². The van der Waals surface area contributed by atoms with Crippen molar-refractivity contribution in [3.8, 4) is 5.75 Å². The van der Waals surface area contributed by atoms with E-state index in [1.165, 1.54) is 12.1 Å². The van der Waals surface area contributed by atoms with Crippen LogP contribution in [0.1, 0.15) is 21.5 Å². The van der Waals surface area contributed by atoms with Gasteiger partial charge in [0.25, 0.3) is 0 Å². The second-order valence-corrected chi connectivity index (χ2v) is 6.04. The first-order valence-electron chi connectivity index (χ1n) is 5.76. The van der Waals surface area contributed by atoms with Gasteiger partial charge in [-0.1, -0.05) is 55.6 Å². The van der Waals surface area contributed by atoms with Crippen molar-refractivity contribution >= 4 is 31.9 Å². The molecular weight excluding hydrogens is 375 g/mol. The number of aryl methyl sites for hydroxylation is 1. The zero-order valence-electron chi connectivity index (χ0n) is 10.6. The van der Waals surface area contributed by atoms with Gasteiger partial charge in [0.05, 0.1) is 11.9 Å². The Hall–Kier alpha value is -0.870. The minimum atomic E-state index is -0.258. The summed E-state index contributed by atoms with van der Waals surface area (Å²) in [5.41, 5.74) is 3.14. The van der Waals surface area contributed by atoms with Crippen LogP contribution in [0.2, 0.25) is 0 Å². The minimum Gasteiger partial charge on any atom is -0.496 e. The third kappa shape index (κ3) is 3.18. The Kier molecular flexibility index (Phi) is 4.63. The lowest BCUT2D eigenvalue weighted by Crippen LogP contribution is -1.99. The van der Waals surface area contributed by atoms with Crippen LogP contribution in [0.15, 0.2) is 40.9 Å². The van der Waals surface area contributed by atoms with Crippen molar-refractivity contribution in [1.29, 1.82) is 0 Å². The number of methoxy groups -OCH3 is 1. The monoisotopic (exact) mass is 386 g/mol. The highest BCUT2D eigenvalue weighted by atomic mass is 79.9. The van der Waals surface area contributed by atoms with Crippen LogP contribution in [0.3, 0.4) is 0 Å². The number of hydrogen-bond donors (Lipinski definition) is 0. The normalized spacial score (nSPS) is 12.3. The number of benzene rings is 2. The maximum Gasteiger partial charge on any atom is 0.124 e. The first-order valence-corrected chi connectivity index (χ1v) is 7.47. The molecule has 0 amide bonds. The molecule has 0 saturated heterocycles. The second-order valence-electron chi connectivity index (χ2n) is 4.27. The SMILES string of the molecule is COc1ccc(C)cc1C(Br)c1ccc(F)cc1Br. The summed E-state index contributed by atoms with van der Waals surface area (Å²) in [5, 5.41) is 0. The Morgan fingerprint density at radius 2 is 1.84 bits per heavy atom. The Labute approximate surface area is 129 Å². The Bertz CT molecular complexity index is 599. The largest absolute Gasteiger partial charge is 0.496 e. The minimum absolute atomic E-state index is 0.0580. The third-order valence-electron chi connectivity index (χ3n) is 2.89. The third-order valence-corrected chi connectivity index (χ3v) is 4.57. The molecule has 1 atom stereocenters. The van der Waals surface area contributed by atoms with Crippen molar-refractivity contribution in [2.24, 2.45) is 0 Å². The van der Waals surface area contributed by atoms with Gasteiger partial charge in [-0.2, -0.15) is 0 Å². The highest BCUT2D eigenvalue weighted by molar-refractivity contribution is 9.11. The van der Waals surface area contributed by atoms with Crippen LogP contribution in [0.25, 0.3) is 0 Å². The molecule has 0 aromatic heterocycles. The Balaban J connectivity index is 2.49. The molecule has 0 aliphatic heterocycles. The second kappa shape index (κ2) is 6.06. The molecule has 4 heteroatoms. The van der Waals surface area contributed by atoms with Crippen molar-refractivity contribution < 1.29 is 9.13 Å². The molecule has 0 N–H and O–H groups in total. The standard InChI is InChI=1S/C15H13Br2FO/c1-9-3-6-14(19-2)12(7-9)15(17)11-5-4-10(18)8-13(11)16/h3-8,15H,1-2H3. The van der Waals surface area contributed by atoms with E-state index in [9.17, 15) is 4.39 Å². The van der Waals surface area contributed by atoms with Crippen molar-refractivity contribution in [1.82, 2.24) is 0 Å². The Morgan fingerprint density at radius 1 is 1.11 bits per heavy atom. The maximum absolute atomic E-state index is 13.2. The van der Waals surface area contributed by atoms with E-state index in [2.05, 4.69) is 37.9 Å². The van der Waals surface area contributed by atoms with Gasteiger partial charge in [-0.3, -0.25) is 0 Å². The number of rotatable bonds is 3. The lowest BCUT2D eigenvalue weighted by molar-refractivity contribution is 0.410. The number of alkyl halides is 1. The van der Waals surface area contributed by atoms with Gasteiger partial charge in [-0.15, -0.1) is 0 Å². The predicted octanol–water partition coefficient (Wildman–Crippen LogP) is 5.39. The topological polar surface area (TPSA) is 9.23 Å². The quantitative estimate of drug-likeness (QED) is 0.641. The van der Waals surface area contributed by atoms with Gasteiger partial charge in [-0.25, -0.2) is 4.39 Å². The van der Waals surface area contributed by atoms with Crippen molar-refractivity contribution in [2.45, 2.75) is 11.8 Å². The molecular formula is C15H13Br2FO. The lowest BCUT2D eigenvalue weighted by Gasteiger charge is -2.16. The first-order chi connectivity index (χ1) is 9.02. The van der Waals surface area contributed by atoms with Gasteiger partial charge in [-0.05, 0) is 30.7 Å². The fourth-order valence-electron chi connectivity index (χ4n) is 1.93. The van der Waals surface area contributed by atoms with E-state index in [-0.39, 0.29) is 10.6 Å². The summed E-state index contributed by atoms with van der Waals surface area (Å²) in [5.74, 6) is 0.551. The van der Waals surface area contributed by atoms with Crippen LogP contribution in [-0.2, 0) is 0 Å². The average Bonchev–Trinajstić information content (AvgIpc) is 2.38. The number of halogens is 3. The van der Waals surface area contributed by atoms with Crippen LogP contribution >= 0.6 is 31.9 Å². The molecule has 1 nitrogen and oxygen atoms in total. The molecule has 2 rings (SSSR count). The Morgan fingerprint density at radius 3 is 2.47 bits per heavy atom. The average molecular weight is 388 g/mol. The van der Waals surface area contributed by atoms with Gasteiger partial charge in [0.1, 0.15) is 11.6 Å². The van der Waals surface area contributed by atoms with Gasteiger partial charge < -0.3 is 4.74 Å². The number of hydrogen-bond acceptors (Lipinski definition) is 1. The molecule has 0 spiro atoms. The predicted molar refractivity (Wildman–Crippen MR) is 82.6 cm³/mol. The van der Waals surface area contributed by atoms with Crippen LogP contribution < -0.4 is 4.74 Å². The highest BCUT2D eigenvalue weighted by Gasteiger charge is 2.18. The van der Waals surface area contributed by atoms with E-state index in [0.717, 1.165) is 26.9 Å². The first kappa shape index (κ1) is 14.5. The highest BCUT2D eigenvalue weighted by Crippen LogP contribution is 2.40. The maximum atomic E-state index is 13.2. The molecule has 2 aromatic rings. The molecule has 2 aromatic carbocycles. The van der Waals surface area contributed by atoms with Crippen molar-refractivity contribution in [2.75, 3.05) is 7.11 Å². The van der Waals surface area contributed by atoms with E-state index in [4.69, 9.17) is 4.74 Å². The molecule has 0 radical (unpaired) electrons. The summed E-state index contributed by atoms with van der Waals surface area (Å²) in [6, 6.07) is 10.7. The van der Waals surface area contributed by atoms with E-state index in [1.807, 2.05) is 19.1 Å². The lowest BCUT2D eigenvalue weighted by atomic mass is 10.0. The van der Waals surface area contributed by atoms with Gasteiger partial charge in [0, 0.05) is 10.0 Å². The molecule has 0 aliphatic carbocycles. The van der Waals surface area contributed by atoms with E-state index in [0.29, 0.717) is 0 Å². The molecule has 100 valence electrons. The molecule has 19 heavy (non-hydrogen) atoms. The fraction of sp³-hybridized carbons (Fsp3) is 0.200. The molecule has 0 saturated carbocycles. The van der Waals surface area contributed by atoms with E-state index < -0.39 is 0 Å². The van der Waals surface area contributed by atoms with Crippen molar-refractivity contribution in [3.63, 3.8) is 0 Å². The van der Waals surface area contributed by atoms with Gasteiger partial charge >= 0.3 is 0 Å². The molecule has 1 unspecified atom stereocenters. The molecule has 0 fully saturated rings. The smallest absolute Gasteiger partial charge is 0.124 e. The van der Waals surface area contributed by atoms with Crippen LogP contribution in [0.4, 0.5) is 4.39 Å². The molecule has 0 aliphatic rings. The molecule has 0 heterocycles.